The van der Waals surface area contributed by atoms with E-state index in [9.17, 15) is 4.79 Å². The fraction of sp³-hybridized carbons (Fsp3) is 0.500. The molecular formula is C12H16N2O2. The van der Waals surface area contributed by atoms with Gasteiger partial charge in [-0.05, 0) is 18.6 Å². The molecule has 0 bridgehead atoms. The molecule has 0 aromatic carbocycles. The number of hydrogen-bond acceptors (Lipinski definition) is 3. The van der Waals surface area contributed by atoms with E-state index in [-0.39, 0.29) is 5.91 Å². The van der Waals surface area contributed by atoms with Crippen molar-refractivity contribution < 1.29 is 9.21 Å². The van der Waals surface area contributed by atoms with Gasteiger partial charge in [0.05, 0.1) is 12.3 Å². The lowest BCUT2D eigenvalue weighted by Gasteiger charge is -2.20. The summed E-state index contributed by atoms with van der Waals surface area (Å²) in [5.74, 6) is 0.486. The average Bonchev–Trinajstić information content (AvgIpc) is 2.80. The Bertz CT molecular complexity index is 365. The lowest BCUT2D eigenvalue weighted by molar-refractivity contribution is -0.131. The number of nitriles is 1. The van der Waals surface area contributed by atoms with Gasteiger partial charge in [-0.2, -0.15) is 5.26 Å². The highest BCUT2D eigenvalue weighted by Crippen LogP contribution is 2.19. The summed E-state index contributed by atoms with van der Waals surface area (Å²) in [5, 5.41) is 9.04. The minimum atomic E-state index is -0.626. The smallest absolute Gasteiger partial charge is 0.223 e. The minimum Gasteiger partial charge on any atom is -0.466 e. The fourth-order valence-electron chi connectivity index (χ4n) is 1.44. The van der Waals surface area contributed by atoms with E-state index in [4.69, 9.17) is 9.68 Å². The Balaban J connectivity index is 2.67. The monoisotopic (exact) mass is 220 g/mol. The summed E-state index contributed by atoms with van der Waals surface area (Å²) in [6, 6.07) is 4.87. The number of unbranched alkanes of at least 4 members (excludes halogenated alkanes) is 1. The molecule has 1 aromatic heterocycles. The Hall–Kier alpha value is -1.76. The Morgan fingerprint density at radius 1 is 1.69 bits per heavy atom. The van der Waals surface area contributed by atoms with E-state index in [2.05, 4.69) is 6.07 Å². The van der Waals surface area contributed by atoms with Gasteiger partial charge in [-0.1, -0.05) is 13.3 Å². The Morgan fingerprint density at radius 3 is 2.94 bits per heavy atom. The first kappa shape index (κ1) is 12.3. The number of rotatable bonds is 5. The molecule has 1 atom stereocenters. The van der Waals surface area contributed by atoms with Crippen LogP contribution in [0.2, 0.25) is 0 Å². The first-order valence-corrected chi connectivity index (χ1v) is 5.39. The van der Waals surface area contributed by atoms with Crippen LogP contribution >= 0.6 is 0 Å². The molecule has 0 N–H and O–H groups in total. The van der Waals surface area contributed by atoms with E-state index in [1.807, 2.05) is 6.92 Å². The van der Waals surface area contributed by atoms with Crippen molar-refractivity contribution in [1.29, 1.82) is 5.26 Å². The van der Waals surface area contributed by atoms with Crippen molar-refractivity contribution >= 4 is 5.91 Å². The SMILES string of the molecule is CCCCC(=O)N(C)C(C#N)c1ccco1. The van der Waals surface area contributed by atoms with Gasteiger partial charge in [-0.15, -0.1) is 0 Å². The molecule has 4 heteroatoms. The lowest BCUT2D eigenvalue weighted by Crippen LogP contribution is -2.30. The van der Waals surface area contributed by atoms with Crippen LogP contribution in [0.1, 0.15) is 38.0 Å². The molecule has 0 aliphatic carbocycles. The molecule has 1 amide bonds. The molecule has 86 valence electrons. The predicted octanol–water partition coefficient (Wildman–Crippen LogP) is 2.49. The van der Waals surface area contributed by atoms with Crippen molar-refractivity contribution in [2.75, 3.05) is 7.05 Å². The summed E-state index contributed by atoms with van der Waals surface area (Å²) >= 11 is 0. The fourth-order valence-corrected chi connectivity index (χ4v) is 1.44. The van der Waals surface area contributed by atoms with Crippen molar-refractivity contribution in [1.82, 2.24) is 4.90 Å². The maximum absolute atomic E-state index is 11.7. The molecule has 1 unspecified atom stereocenters. The summed E-state index contributed by atoms with van der Waals surface area (Å²) in [7, 11) is 1.63. The third-order valence-electron chi connectivity index (χ3n) is 2.46. The van der Waals surface area contributed by atoms with Crippen molar-refractivity contribution in [3.05, 3.63) is 24.2 Å². The van der Waals surface area contributed by atoms with Crippen molar-refractivity contribution in [2.45, 2.75) is 32.2 Å². The van der Waals surface area contributed by atoms with Gasteiger partial charge < -0.3 is 9.32 Å². The van der Waals surface area contributed by atoms with E-state index in [0.29, 0.717) is 12.2 Å². The third-order valence-corrected chi connectivity index (χ3v) is 2.46. The molecule has 0 aliphatic rings. The van der Waals surface area contributed by atoms with Crippen LogP contribution in [0, 0.1) is 11.3 Å². The van der Waals surface area contributed by atoms with E-state index in [1.54, 1.807) is 19.2 Å². The minimum absolute atomic E-state index is 0.0233. The Kier molecular flexibility index (Phi) is 4.59. The summed E-state index contributed by atoms with van der Waals surface area (Å²) in [6.45, 7) is 2.03. The zero-order valence-electron chi connectivity index (χ0n) is 9.64. The quantitative estimate of drug-likeness (QED) is 0.766. The van der Waals surface area contributed by atoms with Gasteiger partial charge in [0.2, 0.25) is 5.91 Å². The number of carbonyl (C=O) groups excluding carboxylic acids is 1. The van der Waals surface area contributed by atoms with Crippen molar-refractivity contribution in [3.8, 4) is 6.07 Å². The summed E-state index contributed by atoms with van der Waals surface area (Å²) < 4.78 is 5.15. The predicted molar refractivity (Wildman–Crippen MR) is 59.4 cm³/mol. The molecule has 0 saturated heterocycles. The van der Waals surface area contributed by atoms with Crippen LogP contribution in [0.15, 0.2) is 22.8 Å². The molecule has 1 aromatic rings. The number of carbonyl (C=O) groups is 1. The number of furan rings is 1. The van der Waals surface area contributed by atoms with Crippen LogP contribution in [0.4, 0.5) is 0 Å². The van der Waals surface area contributed by atoms with Crippen molar-refractivity contribution in [2.24, 2.45) is 0 Å². The van der Waals surface area contributed by atoms with Gasteiger partial charge >= 0.3 is 0 Å². The van der Waals surface area contributed by atoms with E-state index >= 15 is 0 Å². The molecule has 16 heavy (non-hydrogen) atoms. The molecule has 1 rings (SSSR count). The number of nitrogens with zero attached hydrogens (tertiary/aromatic N) is 2. The highest BCUT2D eigenvalue weighted by molar-refractivity contribution is 5.76. The summed E-state index contributed by atoms with van der Waals surface area (Å²) in [6.07, 6.45) is 3.80. The second kappa shape index (κ2) is 5.96. The molecule has 0 saturated carbocycles. The van der Waals surface area contributed by atoms with Crippen LogP contribution in [0.5, 0.6) is 0 Å². The molecular weight excluding hydrogens is 204 g/mol. The Labute approximate surface area is 95.5 Å². The highest BCUT2D eigenvalue weighted by atomic mass is 16.3. The van der Waals surface area contributed by atoms with Crippen LogP contribution in [-0.4, -0.2) is 17.9 Å². The second-order valence-corrected chi connectivity index (χ2v) is 3.66. The zero-order valence-corrected chi connectivity index (χ0v) is 9.64. The largest absolute Gasteiger partial charge is 0.466 e. The first-order valence-electron chi connectivity index (χ1n) is 5.39. The van der Waals surface area contributed by atoms with Gasteiger partial charge in [-0.3, -0.25) is 4.79 Å². The third kappa shape index (κ3) is 2.86. The van der Waals surface area contributed by atoms with E-state index < -0.39 is 6.04 Å². The molecule has 0 fully saturated rings. The summed E-state index contributed by atoms with van der Waals surface area (Å²) in [4.78, 5) is 13.2. The maximum Gasteiger partial charge on any atom is 0.223 e. The lowest BCUT2D eigenvalue weighted by atomic mass is 10.2. The van der Waals surface area contributed by atoms with E-state index in [0.717, 1.165) is 12.8 Å². The first-order chi connectivity index (χ1) is 7.70. The second-order valence-electron chi connectivity index (χ2n) is 3.66. The molecule has 0 radical (unpaired) electrons. The zero-order chi connectivity index (χ0) is 12.0. The van der Waals surface area contributed by atoms with Crippen LogP contribution in [0.3, 0.4) is 0 Å². The average molecular weight is 220 g/mol. The van der Waals surface area contributed by atoms with E-state index in [1.165, 1.54) is 11.2 Å². The number of amides is 1. The van der Waals surface area contributed by atoms with Gasteiger partial charge in [0, 0.05) is 13.5 Å². The topological polar surface area (TPSA) is 57.2 Å². The van der Waals surface area contributed by atoms with Crippen LogP contribution in [0.25, 0.3) is 0 Å². The maximum atomic E-state index is 11.7. The molecule has 4 nitrogen and oxygen atoms in total. The van der Waals surface area contributed by atoms with Crippen LogP contribution < -0.4 is 0 Å². The highest BCUT2D eigenvalue weighted by Gasteiger charge is 2.22. The van der Waals surface area contributed by atoms with Gasteiger partial charge in [-0.25, -0.2) is 0 Å². The summed E-state index contributed by atoms with van der Waals surface area (Å²) in [5.41, 5.74) is 0. The molecule has 0 aliphatic heterocycles. The van der Waals surface area contributed by atoms with Crippen molar-refractivity contribution in [3.63, 3.8) is 0 Å². The van der Waals surface area contributed by atoms with Gasteiger partial charge in [0.1, 0.15) is 5.76 Å². The standard InChI is InChI=1S/C12H16N2O2/c1-3-4-7-12(15)14(2)10(9-13)11-6-5-8-16-11/h5-6,8,10H,3-4,7H2,1-2H3. The van der Waals surface area contributed by atoms with Gasteiger partial charge in [0.25, 0.3) is 0 Å². The molecule has 1 heterocycles. The molecule has 0 spiro atoms. The normalized spacial score (nSPS) is 11.8. The Morgan fingerprint density at radius 2 is 2.44 bits per heavy atom. The van der Waals surface area contributed by atoms with Crippen LogP contribution in [-0.2, 0) is 4.79 Å². The number of hydrogen-bond donors (Lipinski definition) is 0. The van der Waals surface area contributed by atoms with Gasteiger partial charge in [0.15, 0.2) is 6.04 Å².